The Bertz CT molecular complexity index is 793. The van der Waals surface area contributed by atoms with E-state index in [4.69, 9.17) is 32.7 Å². The third-order valence-electron chi connectivity index (χ3n) is 4.83. The maximum Gasteiger partial charge on any atom is 0.258 e. The van der Waals surface area contributed by atoms with Gasteiger partial charge in [0.05, 0.1) is 18.2 Å². The fourth-order valence-electron chi connectivity index (χ4n) is 3.33. The topological polar surface area (TPSA) is 50.8 Å². The van der Waals surface area contributed by atoms with E-state index in [2.05, 4.69) is 22.3 Å². The Labute approximate surface area is 175 Å². The van der Waals surface area contributed by atoms with E-state index < -0.39 is 0 Å². The second kappa shape index (κ2) is 10.0. The smallest absolute Gasteiger partial charge is 0.258 e. The lowest BCUT2D eigenvalue weighted by Gasteiger charge is -2.28. The molecule has 1 N–H and O–H groups in total. The minimum atomic E-state index is -0.191. The average Bonchev–Trinajstić information content (AvgIpc) is 3.22. The first-order chi connectivity index (χ1) is 13.6. The van der Waals surface area contributed by atoms with Crippen molar-refractivity contribution in [2.45, 2.75) is 18.9 Å². The standard InChI is InChI=1S/C21H24Cl2N2O3/c1-27-17-7-4-15(5-8-17)19(25-10-2-3-11-25)13-24-21(26)14-28-20-9-6-16(22)12-18(20)23/h4-9,12,19H,2-3,10-11,13-14H2,1H3,(H,24,26). The van der Waals surface area contributed by atoms with Gasteiger partial charge in [0.1, 0.15) is 11.5 Å². The van der Waals surface area contributed by atoms with Gasteiger partial charge in [-0.3, -0.25) is 9.69 Å². The zero-order chi connectivity index (χ0) is 19.9. The molecule has 0 aliphatic carbocycles. The minimum Gasteiger partial charge on any atom is -0.497 e. The zero-order valence-corrected chi connectivity index (χ0v) is 17.3. The molecule has 1 atom stereocenters. The number of hydrogen-bond donors (Lipinski definition) is 1. The second-order valence-corrected chi connectivity index (χ2v) is 7.54. The number of nitrogens with one attached hydrogen (secondary N) is 1. The fraction of sp³-hybridized carbons (Fsp3) is 0.381. The number of hydrogen-bond acceptors (Lipinski definition) is 4. The van der Waals surface area contributed by atoms with E-state index in [0.717, 1.165) is 24.4 Å². The van der Waals surface area contributed by atoms with Gasteiger partial charge < -0.3 is 14.8 Å². The second-order valence-electron chi connectivity index (χ2n) is 6.70. The fourth-order valence-corrected chi connectivity index (χ4v) is 3.80. The molecule has 1 saturated heterocycles. The molecule has 2 aromatic carbocycles. The molecule has 1 heterocycles. The van der Waals surface area contributed by atoms with Gasteiger partial charge in [0, 0.05) is 11.6 Å². The molecular formula is C21H24Cl2N2O3. The van der Waals surface area contributed by atoms with Crippen molar-refractivity contribution in [3.05, 3.63) is 58.1 Å². The third-order valence-corrected chi connectivity index (χ3v) is 5.36. The molecular weight excluding hydrogens is 399 g/mol. The van der Waals surface area contributed by atoms with Crippen molar-refractivity contribution in [3.8, 4) is 11.5 Å². The van der Waals surface area contributed by atoms with Gasteiger partial charge in [-0.05, 0) is 61.8 Å². The van der Waals surface area contributed by atoms with Gasteiger partial charge in [-0.2, -0.15) is 0 Å². The number of carbonyl (C=O) groups is 1. The first kappa shape index (κ1) is 20.8. The molecule has 5 nitrogen and oxygen atoms in total. The number of methoxy groups -OCH3 is 1. The summed E-state index contributed by atoms with van der Waals surface area (Å²) in [6.07, 6.45) is 2.36. The van der Waals surface area contributed by atoms with E-state index in [1.54, 1.807) is 25.3 Å². The Morgan fingerprint density at radius 1 is 1.14 bits per heavy atom. The molecule has 150 valence electrons. The molecule has 1 aliphatic rings. The third kappa shape index (κ3) is 5.53. The summed E-state index contributed by atoms with van der Waals surface area (Å²) in [4.78, 5) is 14.7. The van der Waals surface area contributed by atoms with Gasteiger partial charge >= 0.3 is 0 Å². The molecule has 0 radical (unpaired) electrons. The highest BCUT2D eigenvalue weighted by atomic mass is 35.5. The Morgan fingerprint density at radius 3 is 2.50 bits per heavy atom. The van der Waals surface area contributed by atoms with Crippen LogP contribution in [-0.2, 0) is 4.79 Å². The van der Waals surface area contributed by atoms with Crippen LogP contribution in [0.1, 0.15) is 24.4 Å². The highest BCUT2D eigenvalue weighted by molar-refractivity contribution is 6.35. The minimum absolute atomic E-state index is 0.101. The van der Waals surface area contributed by atoms with Gasteiger partial charge in [-0.25, -0.2) is 0 Å². The average molecular weight is 423 g/mol. The molecule has 0 bridgehead atoms. The maximum atomic E-state index is 12.3. The van der Waals surface area contributed by atoms with Crippen LogP contribution in [0.5, 0.6) is 11.5 Å². The summed E-state index contributed by atoms with van der Waals surface area (Å²) < 4.78 is 10.8. The zero-order valence-electron chi connectivity index (χ0n) is 15.8. The van der Waals surface area contributed by atoms with Crippen molar-refractivity contribution in [2.24, 2.45) is 0 Å². The molecule has 1 amide bonds. The van der Waals surface area contributed by atoms with Crippen molar-refractivity contribution >= 4 is 29.1 Å². The molecule has 1 unspecified atom stereocenters. The molecule has 0 spiro atoms. The highest BCUT2D eigenvalue weighted by Gasteiger charge is 2.24. The van der Waals surface area contributed by atoms with Crippen LogP contribution in [0.2, 0.25) is 10.0 Å². The van der Waals surface area contributed by atoms with Gasteiger partial charge in [0.2, 0.25) is 0 Å². The van der Waals surface area contributed by atoms with Crippen LogP contribution in [0.4, 0.5) is 0 Å². The van der Waals surface area contributed by atoms with Gasteiger partial charge in [0.15, 0.2) is 6.61 Å². The van der Waals surface area contributed by atoms with Crippen molar-refractivity contribution in [3.63, 3.8) is 0 Å². The van der Waals surface area contributed by atoms with E-state index >= 15 is 0 Å². The van der Waals surface area contributed by atoms with Gasteiger partial charge in [-0.15, -0.1) is 0 Å². The number of ether oxygens (including phenoxy) is 2. The van der Waals surface area contributed by atoms with Crippen molar-refractivity contribution < 1.29 is 14.3 Å². The highest BCUT2D eigenvalue weighted by Crippen LogP contribution is 2.28. The Hall–Kier alpha value is -1.95. The Morgan fingerprint density at radius 2 is 1.86 bits per heavy atom. The number of benzene rings is 2. The largest absolute Gasteiger partial charge is 0.497 e. The van der Waals surface area contributed by atoms with Crippen molar-refractivity contribution in [2.75, 3.05) is 33.4 Å². The maximum absolute atomic E-state index is 12.3. The number of likely N-dealkylation sites (tertiary alicyclic amines) is 1. The van der Waals surface area contributed by atoms with E-state index in [1.807, 2.05) is 12.1 Å². The van der Waals surface area contributed by atoms with Crippen LogP contribution in [0, 0.1) is 0 Å². The van der Waals surface area contributed by atoms with Gasteiger partial charge in [-0.1, -0.05) is 35.3 Å². The quantitative estimate of drug-likeness (QED) is 0.687. The molecule has 0 aromatic heterocycles. The summed E-state index contributed by atoms with van der Waals surface area (Å²) in [5.74, 6) is 1.07. The Kier molecular flexibility index (Phi) is 7.43. The lowest BCUT2D eigenvalue weighted by atomic mass is 10.1. The molecule has 7 heteroatoms. The molecule has 28 heavy (non-hydrogen) atoms. The predicted octanol–water partition coefficient (Wildman–Crippen LogP) is 4.33. The first-order valence-electron chi connectivity index (χ1n) is 9.29. The summed E-state index contributed by atoms with van der Waals surface area (Å²) in [7, 11) is 1.65. The lowest BCUT2D eigenvalue weighted by Crippen LogP contribution is -2.38. The van der Waals surface area contributed by atoms with Crippen LogP contribution in [0.3, 0.4) is 0 Å². The monoisotopic (exact) mass is 422 g/mol. The summed E-state index contributed by atoms with van der Waals surface area (Å²) in [5.41, 5.74) is 1.16. The van der Waals surface area contributed by atoms with E-state index in [1.165, 1.54) is 12.8 Å². The molecule has 2 aromatic rings. The normalized spacial score (nSPS) is 15.2. The molecule has 1 aliphatic heterocycles. The van der Waals surface area contributed by atoms with E-state index in [0.29, 0.717) is 22.3 Å². The summed E-state index contributed by atoms with van der Waals surface area (Å²) in [6.45, 7) is 2.48. The van der Waals surface area contributed by atoms with E-state index in [-0.39, 0.29) is 18.6 Å². The number of nitrogens with zero attached hydrogens (tertiary/aromatic N) is 1. The van der Waals surface area contributed by atoms with Crippen LogP contribution in [0.25, 0.3) is 0 Å². The number of rotatable bonds is 8. The summed E-state index contributed by atoms with van der Waals surface area (Å²) >= 11 is 11.9. The lowest BCUT2D eigenvalue weighted by molar-refractivity contribution is -0.123. The SMILES string of the molecule is COc1ccc(C(CNC(=O)COc2ccc(Cl)cc2Cl)N2CCCC2)cc1. The van der Waals surface area contributed by atoms with Crippen LogP contribution in [-0.4, -0.2) is 44.2 Å². The number of halogens is 2. The predicted molar refractivity (Wildman–Crippen MR) is 112 cm³/mol. The van der Waals surface area contributed by atoms with Crippen LogP contribution < -0.4 is 14.8 Å². The number of carbonyl (C=O) groups excluding carboxylic acids is 1. The number of amides is 1. The molecule has 3 rings (SSSR count). The molecule has 1 fully saturated rings. The van der Waals surface area contributed by atoms with Crippen molar-refractivity contribution in [1.29, 1.82) is 0 Å². The van der Waals surface area contributed by atoms with E-state index in [9.17, 15) is 4.79 Å². The van der Waals surface area contributed by atoms with Crippen LogP contribution in [0.15, 0.2) is 42.5 Å². The van der Waals surface area contributed by atoms with Crippen molar-refractivity contribution in [1.82, 2.24) is 10.2 Å². The van der Waals surface area contributed by atoms with Crippen LogP contribution >= 0.6 is 23.2 Å². The summed E-state index contributed by atoms with van der Waals surface area (Å²) in [5, 5.41) is 3.89. The Balaban J connectivity index is 1.58. The van der Waals surface area contributed by atoms with Gasteiger partial charge in [0.25, 0.3) is 5.91 Å². The first-order valence-corrected chi connectivity index (χ1v) is 10.0. The summed E-state index contributed by atoms with van der Waals surface area (Å²) in [6, 6.07) is 13.0. The molecule has 0 saturated carbocycles.